The molecule has 22 heavy (non-hydrogen) atoms. The molecule has 0 amide bonds. The lowest BCUT2D eigenvalue weighted by molar-refractivity contribution is -0.137. The topological polar surface area (TPSA) is 46.2 Å². The van der Waals surface area contributed by atoms with Crippen LogP contribution in [0.2, 0.25) is 0 Å². The van der Waals surface area contributed by atoms with Crippen LogP contribution in [0.4, 0.5) is 27.6 Å². The first kappa shape index (κ1) is 16.2. The van der Waals surface area contributed by atoms with E-state index in [4.69, 9.17) is 0 Å². The average molecular weight is 337 g/mol. The summed E-state index contributed by atoms with van der Waals surface area (Å²) in [5, 5.41) is 0. The molecular weight excluding hydrogens is 329 g/mol. The normalized spacial score (nSPS) is 12.2. The van der Waals surface area contributed by atoms with Crippen LogP contribution in [0, 0.1) is 11.6 Å². The first-order valence-corrected chi connectivity index (χ1v) is 7.23. The number of hydrogen-bond acceptors (Lipinski definition) is 2. The Morgan fingerprint density at radius 1 is 0.864 bits per heavy atom. The van der Waals surface area contributed by atoms with E-state index >= 15 is 0 Å². The third-order valence-electron chi connectivity index (χ3n) is 2.67. The standard InChI is InChI=1S/C13H8F5NO2S/c14-11-6-5-10(7-12(11)15)22(20,21)19-9-3-1-8(2-4-9)13(16,17)18/h1-7,19H. The number of benzene rings is 2. The Labute approximate surface area is 122 Å². The number of anilines is 1. The first-order valence-electron chi connectivity index (χ1n) is 5.75. The summed E-state index contributed by atoms with van der Waals surface area (Å²) in [5.74, 6) is -2.57. The Morgan fingerprint density at radius 2 is 1.45 bits per heavy atom. The summed E-state index contributed by atoms with van der Waals surface area (Å²) >= 11 is 0. The Kier molecular flexibility index (Phi) is 4.10. The van der Waals surface area contributed by atoms with Crippen molar-refractivity contribution in [3.8, 4) is 0 Å². The van der Waals surface area contributed by atoms with Gasteiger partial charge in [-0.15, -0.1) is 0 Å². The summed E-state index contributed by atoms with van der Waals surface area (Å²) in [6.07, 6.45) is -4.54. The van der Waals surface area contributed by atoms with Crippen molar-refractivity contribution in [1.82, 2.24) is 0 Å². The molecule has 0 spiro atoms. The number of alkyl halides is 3. The van der Waals surface area contributed by atoms with E-state index in [9.17, 15) is 30.4 Å². The van der Waals surface area contributed by atoms with E-state index < -0.39 is 38.3 Å². The van der Waals surface area contributed by atoms with Crippen molar-refractivity contribution in [2.75, 3.05) is 4.72 Å². The highest BCUT2D eigenvalue weighted by molar-refractivity contribution is 7.92. The molecule has 0 atom stereocenters. The quantitative estimate of drug-likeness (QED) is 0.867. The van der Waals surface area contributed by atoms with Gasteiger partial charge in [0, 0.05) is 5.69 Å². The maximum absolute atomic E-state index is 13.0. The molecule has 0 saturated carbocycles. The number of halogens is 5. The van der Waals surface area contributed by atoms with Crippen LogP contribution >= 0.6 is 0 Å². The van der Waals surface area contributed by atoms with Gasteiger partial charge in [-0.3, -0.25) is 4.72 Å². The molecule has 2 aromatic carbocycles. The number of hydrogen-bond donors (Lipinski definition) is 1. The second kappa shape index (κ2) is 5.56. The van der Waals surface area contributed by atoms with Gasteiger partial charge < -0.3 is 0 Å². The van der Waals surface area contributed by atoms with Gasteiger partial charge in [-0.05, 0) is 42.5 Å². The van der Waals surface area contributed by atoms with Crippen molar-refractivity contribution in [3.05, 3.63) is 59.7 Å². The fourth-order valence-electron chi connectivity index (χ4n) is 1.59. The number of sulfonamides is 1. The summed E-state index contributed by atoms with van der Waals surface area (Å²) in [7, 11) is -4.24. The van der Waals surface area contributed by atoms with Crippen LogP contribution in [0.25, 0.3) is 0 Å². The maximum atomic E-state index is 13.0. The van der Waals surface area contributed by atoms with E-state index in [1.807, 2.05) is 4.72 Å². The van der Waals surface area contributed by atoms with Crippen molar-refractivity contribution in [2.24, 2.45) is 0 Å². The molecule has 0 aromatic heterocycles. The molecule has 0 heterocycles. The van der Waals surface area contributed by atoms with Crippen LogP contribution in [0.1, 0.15) is 5.56 Å². The van der Waals surface area contributed by atoms with Crippen molar-refractivity contribution >= 4 is 15.7 Å². The number of rotatable bonds is 3. The van der Waals surface area contributed by atoms with Gasteiger partial charge in [-0.25, -0.2) is 17.2 Å². The molecule has 9 heteroatoms. The van der Waals surface area contributed by atoms with Gasteiger partial charge in [-0.2, -0.15) is 13.2 Å². The van der Waals surface area contributed by atoms with Gasteiger partial charge in [0.15, 0.2) is 11.6 Å². The minimum Gasteiger partial charge on any atom is -0.280 e. The molecule has 0 radical (unpaired) electrons. The van der Waals surface area contributed by atoms with E-state index in [2.05, 4.69) is 0 Å². The molecule has 0 fully saturated rings. The molecule has 2 aromatic rings. The predicted molar refractivity (Wildman–Crippen MR) is 68.6 cm³/mol. The fraction of sp³-hybridized carbons (Fsp3) is 0.0769. The summed E-state index contributed by atoms with van der Waals surface area (Å²) in [5.41, 5.74) is -1.08. The molecule has 0 aliphatic carbocycles. The van der Waals surface area contributed by atoms with E-state index in [1.54, 1.807) is 0 Å². The Morgan fingerprint density at radius 3 is 1.95 bits per heavy atom. The summed E-state index contributed by atoms with van der Waals surface area (Å²) in [6, 6.07) is 5.18. The zero-order chi connectivity index (χ0) is 16.5. The van der Waals surface area contributed by atoms with E-state index in [0.717, 1.165) is 18.2 Å². The molecule has 0 saturated heterocycles. The third-order valence-corrected chi connectivity index (χ3v) is 4.04. The number of nitrogens with one attached hydrogen (secondary N) is 1. The molecule has 1 N–H and O–H groups in total. The molecular formula is C13H8F5NO2S. The van der Waals surface area contributed by atoms with E-state index in [0.29, 0.717) is 24.3 Å². The minimum atomic E-state index is -4.54. The zero-order valence-corrected chi connectivity index (χ0v) is 11.5. The first-order chi connectivity index (χ1) is 10.1. The summed E-state index contributed by atoms with van der Waals surface area (Å²) in [6.45, 7) is 0. The predicted octanol–water partition coefficient (Wildman–Crippen LogP) is 3.78. The van der Waals surface area contributed by atoms with Crippen LogP contribution in [-0.4, -0.2) is 8.42 Å². The SMILES string of the molecule is O=S(=O)(Nc1ccc(C(F)(F)F)cc1)c1ccc(F)c(F)c1. The highest BCUT2D eigenvalue weighted by atomic mass is 32.2. The van der Waals surface area contributed by atoms with Crippen LogP contribution in [0.15, 0.2) is 47.4 Å². The average Bonchev–Trinajstić information content (AvgIpc) is 2.41. The maximum Gasteiger partial charge on any atom is 0.416 e. The van der Waals surface area contributed by atoms with Gasteiger partial charge in [0.1, 0.15) is 0 Å². The molecule has 2 rings (SSSR count). The highest BCUT2D eigenvalue weighted by Gasteiger charge is 2.30. The summed E-state index contributed by atoms with van der Waals surface area (Å²) < 4.78 is 88.8. The Hall–Kier alpha value is -2.16. The lowest BCUT2D eigenvalue weighted by Gasteiger charge is -2.10. The monoisotopic (exact) mass is 337 g/mol. The lowest BCUT2D eigenvalue weighted by atomic mass is 10.2. The van der Waals surface area contributed by atoms with Gasteiger partial charge in [-0.1, -0.05) is 0 Å². The van der Waals surface area contributed by atoms with Crippen molar-refractivity contribution in [1.29, 1.82) is 0 Å². The summed E-state index contributed by atoms with van der Waals surface area (Å²) in [4.78, 5) is -0.550. The van der Waals surface area contributed by atoms with Crippen LogP contribution in [0.3, 0.4) is 0 Å². The van der Waals surface area contributed by atoms with Crippen LogP contribution in [-0.2, 0) is 16.2 Å². The van der Waals surface area contributed by atoms with Gasteiger partial charge in [0.2, 0.25) is 0 Å². The molecule has 0 aliphatic rings. The van der Waals surface area contributed by atoms with Gasteiger partial charge in [0.05, 0.1) is 10.5 Å². The largest absolute Gasteiger partial charge is 0.416 e. The van der Waals surface area contributed by atoms with E-state index in [-0.39, 0.29) is 5.69 Å². The Bertz CT molecular complexity index is 785. The molecule has 0 bridgehead atoms. The smallest absolute Gasteiger partial charge is 0.280 e. The second-order valence-electron chi connectivity index (χ2n) is 4.26. The highest BCUT2D eigenvalue weighted by Crippen LogP contribution is 2.30. The molecule has 118 valence electrons. The van der Waals surface area contributed by atoms with Crippen molar-refractivity contribution in [2.45, 2.75) is 11.1 Å². The Balaban J connectivity index is 2.27. The second-order valence-corrected chi connectivity index (χ2v) is 5.94. The van der Waals surface area contributed by atoms with Crippen LogP contribution < -0.4 is 4.72 Å². The minimum absolute atomic E-state index is 0.141. The van der Waals surface area contributed by atoms with Crippen LogP contribution in [0.5, 0.6) is 0 Å². The zero-order valence-electron chi connectivity index (χ0n) is 10.7. The van der Waals surface area contributed by atoms with Gasteiger partial charge in [0.25, 0.3) is 10.0 Å². The molecule has 3 nitrogen and oxygen atoms in total. The van der Waals surface area contributed by atoms with Crippen molar-refractivity contribution < 1.29 is 30.4 Å². The van der Waals surface area contributed by atoms with Crippen molar-refractivity contribution in [3.63, 3.8) is 0 Å². The van der Waals surface area contributed by atoms with E-state index in [1.165, 1.54) is 0 Å². The molecule has 0 aliphatic heterocycles. The fourth-order valence-corrected chi connectivity index (χ4v) is 2.66. The lowest BCUT2D eigenvalue weighted by Crippen LogP contribution is -2.13. The van der Waals surface area contributed by atoms with Gasteiger partial charge >= 0.3 is 6.18 Å². The third kappa shape index (κ3) is 3.53. The molecule has 0 unspecified atom stereocenters.